The number of ketones is 2. The second-order valence-corrected chi connectivity index (χ2v) is 4.55. The van der Waals surface area contributed by atoms with E-state index in [4.69, 9.17) is 0 Å². The zero-order chi connectivity index (χ0) is 14.7. The SMILES string of the molecule is CC(=O)c1cccc(Nc2cc(F)cc(C(C)=O)c2)c1. The molecule has 0 aliphatic carbocycles. The lowest BCUT2D eigenvalue weighted by Gasteiger charge is -2.09. The van der Waals surface area contributed by atoms with Crippen LogP contribution in [0.2, 0.25) is 0 Å². The maximum Gasteiger partial charge on any atom is 0.159 e. The van der Waals surface area contributed by atoms with Gasteiger partial charge in [-0.2, -0.15) is 0 Å². The molecule has 20 heavy (non-hydrogen) atoms. The number of rotatable bonds is 4. The monoisotopic (exact) mass is 271 g/mol. The summed E-state index contributed by atoms with van der Waals surface area (Å²) < 4.78 is 13.5. The van der Waals surface area contributed by atoms with Crippen LogP contribution in [0.3, 0.4) is 0 Å². The van der Waals surface area contributed by atoms with Crippen LogP contribution in [0.4, 0.5) is 15.8 Å². The van der Waals surface area contributed by atoms with Gasteiger partial charge in [-0.25, -0.2) is 4.39 Å². The third-order valence-electron chi connectivity index (χ3n) is 2.86. The molecule has 0 amide bonds. The lowest BCUT2D eigenvalue weighted by Crippen LogP contribution is -1.98. The number of nitrogens with one attached hydrogen (secondary N) is 1. The van der Waals surface area contributed by atoms with E-state index in [1.165, 1.54) is 26.0 Å². The molecule has 0 aromatic heterocycles. The van der Waals surface area contributed by atoms with Crippen molar-refractivity contribution in [3.05, 3.63) is 59.4 Å². The van der Waals surface area contributed by atoms with E-state index in [0.29, 0.717) is 22.5 Å². The first-order chi connectivity index (χ1) is 9.45. The van der Waals surface area contributed by atoms with Crippen molar-refractivity contribution in [2.75, 3.05) is 5.32 Å². The van der Waals surface area contributed by atoms with E-state index in [2.05, 4.69) is 5.32 Å². The Morgan fingerprint density at radius 2 is 1.55 bits per heavy atom. The van der Waals surface area contributed by atoms with Gasteiger partial charge in [-0.1, -0.05) is 12.1 Å². The fourth-order valence-corrected chi connectivity index (χ4v) is 1.85. The van der Waals surface area contributed by atoms with E-state index in [1.807, 2.05) is 0 Å². The molecular formula is C16H14FNO2. The summed E-state index contributed by atoms with van der Waals surface area (Å²) >= 11 is 0. The molecule has 0 bridgehead atoms. The van der Waals surface area contributed by atoms with E-state index < -0.39 is 5.82 Å². The molecule has 0 saturated carbocycles. The molecule has 0 saturated heterocycles. The van der Waals surface area contributed by atoms with Crippen molar-refractivity contribution in [1.82, 2.24) is 0 Å². The molecule has 2 rings (SSSR count). The zero-order valence-corrected chi connectivity index (χ0v) is 11.2. The maximum absolute atomic E-state index is 13.5. The lowest BCUT2D eigenvalue weighted by molar-refractivity contribution is 0.100. The molecule has 0 radical (unpaired) electrons. The largest absolute Gasteiger partial charge is 0.355 e. The summed E-state index contributed by atoms with van der Waals surface area (Å²) in [5, 5.41) is 2.99. The van der Waals surface area contributed by atoms with Crippen molar-refractivity contribution in [2.24, 2.45) is 0 Å². The normalized spacial score (nSPS) is 10.2. The predicted octanol–water partition coefficient (Wildman–Crippen LogP) is 3.97. The summed E-state index contributed by atoms with van der Waals surface area (Å²) in [4.78, 5) is 22.6. The maximum atomic E-state index is 13.5. The van der Waals surface area contributed by atoms with Gasteiger partial charge in [-0.05, 0) is 44.2 Å². The second-order valence-electron chi connectivity index (χ2n) is 4.55. The number of halogens is 1. The molecule has 0 spiro atoms. The molecule has 0 aliphatic rings. The Hall–Kier alpha value is -2.49. The summed E-state index contributed by atoms with van der Waals surface area (Å²) in [6, 6.07) is 11.0. The Labute approximate surface area is 116 Å². The van der Waals surface area contributed by atoms with E-state index >= 15 is 0 Å². The zero-order valence-electron chi connectivity index (χ0n) is 11.2. The van der Waals surface area contributed by atoms with Gasteiger partial charge in [0, 0.05) is 22.5 Å². The van der Waals surface area contributed by atoms with Gasteiger partial charge in [0.05, 0.1) is 0 Å². The van der Waals surface area contributed by atoms with Crippen molar-refractivity contribution in [3.8, 4) is 0 Å². The highest BCUT2D eigenvalue weighted by molar-refractivity contribution is 5.96. The van der Waals surface area contributed by atoms with Crippen LogP contribution in [0.1, 0.15) is 34.6 Å². The average molecular weight is 271 g/mol. The van der Waals surface area contributed by atoms with Crippen LogP contribution in [0.25, 0.3) is 0 Å². The molecule has 102 valence electrons. The van der Waals surface area contributed by atoms with Crippen LogP contribution < -0.4 is 5.32 Å². The first-order valence-corrected chi connectivity index (χ1v) is 6.15. The van der Waals surface area contributed by atoms with Crippen LogP contribution in [0.15, 0.2) is 42.5 Å². The number of anilines is 2. The van der Waals surface area contributed by atoms with E-state index in [-0.39, 0.29) is 11.6 Å². The van der Waals surface area contributed by atoms with Gasteiger partial charge in [0.15, 0.2) is 11.6 Å². The van der Waals surface area contributed by atoms with Gasteiger partial charge >= 0.3 is 0 Å². The minimum Gasteiger partial charge on any atom is -0.355 e. The summed E-state index contributed by atoms with van der Waals surface area (Å²) in [6.45, 7) is 2.87. The highest BCUT2D eigenvalue weighted by Gasteiger charge is 2.06. The summed E-state index contributed by atoms with van der Waals surface area (Å²) in [6.07, 6.45) is 0. The van der Waals surface area contributed by atoms with Gasteiger partial charge in [-0.15, -0.1) is 0 Å². The van der Waals surface area contributed by atoms with Crippen molar-refractivity contribution in [1.29, 1.82) is 0 Å². The van der Waals surface area contributed by atoms with Crippen molar-refractivity contribution >= 4 is 22.9 Å². The molecule has 0 heterocycles. The summed E-state index contributed by atoms with van der Waals surface area (Å²) in [7, 11) is 0. The highest BCUT2D eigenvalue weighted by atomic mass is 19.1. The first kappa shape index (κ1) is 13.9. The quantitative estimate of drug-likeness (QED) is 0.856. The molecule has 0 atom stereocenters. The van der Waals surface area contributed by atoms with Gasteiger partial charge in [0.2, 0.25) is 0 Å². The van der Waals surface area contributed by atoms with Crippen molar-refractivity contribution < 1.29 is 14.0 Å². The van der Waals surface area contributed by atoms with Gasteiger partial charge in [-0.3, -0.25) is 9.59 Å². The number of carbonyl (C=O) groups is 2. The summed E-state index contributed by atoms with van der Waals surface area (Å²) in [5.41, 5.74) is 2.00. The third-order valence-corrected chi connectivity index (χ3v) is 2.86. The number of Topliss-reactive ketones (excluding diaryl/α,β-unsaturated/α-hetero) is 2. The number of carbonyl (C=O) groups excluding carboxylic acids is 2. The molecule has 1 N–H and O–H groups in total. The Balaban J connectivity index is 2.32. The second kappa shape index (κ2) is 5.65. The molecular weight excluding hydrogens is 257 g/mol. The van der Waals surface area contributed by atoms with E-state index in [1.54, 1.807) is 30.3 Å². The average Bonchev–Trinajstić information content (AvgIpc) is 2.38. The topological polar surface area (TPSA) is 46.2 Å². The van der Waals surface area contributed by atoms with E-state index in [9.17, 15) is 14.0 Å². The smallest absolute Gasteiger partial charge is 0.159 e. The van der Waals surface area contributed by atoms with Crippen LogP contribution in [-0.2, 0) is 0 Å². The Morgan fingerprint density at radius 1 is 0.900 bits per heavy atom. The fourth-order valence-electron chi connectivity index (χ4n) is 1.85. The minimum absolute atomic E-state index is 0.0442. The Kier molecular flexibility index (Phi) is 3.94. The van der Waals surface area contributed by atoms with Gasteiger partial charge in [0.1, 0.15) is 5.82 Å². The van der Waals surface area contributed by atoms with Crippen LogP contribution in [-0.4, -0.2) is 11.6 Å². The molecule has 2 aromatic carbocycles. The van der Waals surface area contributed by atoms with Crippen LogP contribution in [0, 0.1) is 5.82 Å². The fraction of sp³-hybridized carbons (Fsp3) is 0.125. The van der Waals surface area contributed by atoms with E-state index in [0.717, 1.165) is 0 Å². The Morgan fingerprint density at radius 3 is 2.20 bits per heavy atom. The lowest BCUT2D eigenvalue weighted by atomic mass is 10.1. The Bertz CT molecular complexity index is 680. The molecule has 0 unspecified atom stereocenters. The molecule has 0 aliphatic heterocycles. The minimum atomic E-state index is -0.483. The first-order valence-electron chi connectivity index (χ1n) is 6.15. The van der Waals surface area contributed by atoms with Crippen molar-refractivity contribution in [3.63, 3.8) is 0 Å². The predicted molar refractivity (Wildman–Crippen MR) is 76.1 cm³/mol. The summed E-state index contributed by atoms with van der Waals surface area (Å²) in [5.74, 6) is -0.731. The number of hydrogen-bond acceptors (Lipinski definition) is 3. The third kappa shape index (κ3) is 3.29. The van der Waals surface area contributed by atoms with Crippen molar-refractivity contribution in [2.45, 2.75) is 13.8 Å². The van der Waals surface area contributed by atoms with Crippen LogP contribution in [0.5, 0.6) is 0 Å². The molecule has 3 nitrogen and oxygen atoms in total. The molecule has 0 fully saturated rings. The highest BCUT2D eigenvalue weighted by Crippen LogP contribution is 2.21. The van der Waals surface area contributed by atoms with Gasteiger partial charge < -0.3 is 5.32 Å². The van der Waals surface area contributed by atoms with Crippen LogP contribution >= 0.6 is 0 Å². The van der Waals surface area contributed by atoms with Gasteiger partial charge in [0.25, 0.3) is 0 Å². The molecule has 2 aromatic rings. The standard InChI is InChI=1S/C16H14FNO2/c1-10(19)12-4-3-5-15(7-12)18-16-8-13(11(2)20)6-14(17)9-16/h3-9,18H,1-2H3. The molecule has 4 heteroatoms. The number of hydrogen-bond donors (Lipinski definition) is 1. The number of benzene rings is 2.